The first kappa shape index (κ1) is 18.0. The minimum absolute atomic E-state index is 0.0147. The highest BCUT2D eigenvalue weighted by atomic mass is 32.2. The molecule has 1 aromatic heterocycles. The van der Waals surface area contributed by atoms with E-state index in [1.165, 1.54) is 49.4 Å². The molecule has 6 heteroatoms. The Morgan fingerprint density at radius 1 is 1.24 bits per heavy atom. The number of hydrogen-bond donors (Lipinski definition) is 1. The number of hydrogen-bond acceptors (Lipinski definition) is 4. The number of carbonyl (C=O) groups excluding carboxylic acids is 1. The number of aromatic nitrogens is 3. The number of nitrogens with one attached hydrogen (secondary N) is 1. The Labute approximate surface area is 153 Å². The van der Waals surface area contributed by atoms with Crippen LogP contribution in [0.25, 0.3) is 0 Å². The van der Waals surface area contributed by atoms with Crippen LogP contribution in [0.1, 0.15) is 55.0 Å². The summed E-state index contributed by atoms with van der Waals surface area (Å²) in [4.78, 5) is 12.3. The fourth-order valence-electron chi connectivity index (χ4n) is 3.44. The van der Waals surface area contributed by atoms with Crippen LogP contribution in [0, 0.1) is 13.8 Å². The molecule has 0 spiro atoms. The summed E-state index contributed by atoms with van der Waals surface area (Å²) < 4.78 is 2.06. The summed E-state index contributed by atoms with van der Waals surface area (Å²) in [7, 11) is 2.01. The van der Waals surface area contributed by atoms with Crippen LogP contribution in [0.15, 0.2) is 23.4 Å². The maximum absolute atomic E-state index is 12.3. The van der Waals surface area contributed by atoms with Crippen molar-refractivity contribution < 1.29 is 4.79 Å². The van der Waals surface area contributed by atoms with Gasteiger partial charge in [0.2, 0.25) is 5.91 Å². The number of rotatable bonds is 5. The average molecular weight is 359 g/mol. The molecule has 1 fully saturated rings. The van der Waals surface area contributed by atoms with Crippen LogP contribution in [0.5, 0.6) is 0 Å². The minimum atomic E-state index is -0.0147. The Morgan fingerprint density at radius 3 is 2.72 bits per heavy atom. The van der Waals surface area contributed by atoms with E-state index in [4.69, 9.17) is 0 Å². The molecule has 0 saturated heterocycles. The lowest BCUT2D eigenvalue weighted by molar-refractivity contribution is -0.113. The zero-order chi connectivity index (χ0) is 17.8. The van der Waals surface area contributed by atoms with Gasteiger partial charge >= 0.3 is 0 Å². The summed E-state index contributed by atoms with van der Waals surface area (Å²) in [5.41, 5.74) is 3.15. The van der Waals surface area contributed by atoms with E-state index in [1.54, 1.807) is 0 Å². The number of carbonyl (C=O) groups is 1. The maximum Gasteiger partial charge on any atom is 0.234 e. The Morgan fingerprint density at radius 2 is 2.00 bits per heavy atom. The van der Waals surface area contributed by atoms with E-state index in [1.807, 2.05) is 33.0 Å². The Kier molecular flexibility index (Phi) is 5.78. The molecule has 1 N–H and O–H groups in total. The van der Waals surface area contributed by atoms with Crippen molar-refractivity contribution in [1.82, 2.24) is 14.8 Å². The van der Waals surface area contributed by atoms with E-state index in [9.17, 15) is 4.79 Å². The lowest BCUT2D eigenvalue weighted by Crippen LogP contribution is -2.15. The molecule has 0 atom stereocenters. The van der Waals surface area contributed by atoms with Crippen molar-refractivity contribution in [3.63, 3.8) is 0 Å². The molecule has 0 unspecified atom stereocenters. The SMILES string of the molecule is Cc1ccc(NC(=O)CSc2nnc(C3CCCCC3)n2C)c(C)c1. The predicted molar refractivity (Wildman–Crippen MR) is 102 cm³/mol. The van der Waals surface area contributed by atoms with Crippen LogP contribution in [0.4, 0.5) is 5.69 Å². The number of thioether (sulfide) groups is 1. The molecule has 1 heterocycles. The first-order valence-electron chi connectivity index (χ1n) is 8.94. The fraction of sp³-hybridized carbons (Fsp3) is 0.526. The fourth-order valence-corrected chi connectivity index (χ4v) is 4.16. The second kappa shape index (κ2) is 8.04. The van der Waals surface area contributed by atoms with Gasteiger partial charge in [-0.2, -0.15) is 0 Å². The molecule has 1 aliphatic rings. The monoisotopic (exact) mass is 358 g/mol. The number of benzene rings is 1. The highest BCUT2D eigenvalue weighted by Crippen LogP contribution is 2.32. The van der Waals surface area contributed by atoms with Gasteiger partial charge in [-0.05, 0) is 38.3 Å². The van der Waals surface area contributed by atoms with Crippen LogP contribution >= 0.6 is 11.8 Å². The third-order valence-corrected chi connectivity index (χ3v) is 5.85. The highest BCUT2D eigenvalue weighted by Gasteiger charge is 2.22. The predicted octanol–water partition coefficient (Wildman–Crippen LogP) is 4.21. The molecule has 25 heavy (non-hydrogen) atoms. The van der Waals surface area contributed by atoms with Gasteiger partial charge in [-0.1, -0.05) is 48.7 Å². The Hall–Kier alpha value is -1.82. The van der Waals surface area contributed by atoms with Crippen molar-refractivity contribution in [3.05, 3.63) is 35.2 Å². The normalized spacial score (nSPS) is 15.3. The largest absolute Gasteiger partial charge is 0.325 e. The van der Waals surface area contributed by atoms with Crippen LogP contribution in [-0.4, -0.2) is 26.4 Å². The number of amides is 1. The summed E-state index contributed by atoms with van der Waals surface area (Å²) >= 11 is 1.45. The van der Waals surface area contributed by atoms with Gasteiger partial charge in [-0.25, -0.2) is 0 Å². The van der Waals surface area contributed by atoms with Crippen molar-refractivity contribution in [1.29, 1.82) is 0 Å². The molecule has 134 valence electrons. The summed E-state index contributed by atoms with van der Waals surface area (Å²) in [6, 6.07) is 6.04. The van der Waals surface area contributed by atoms with E-state index in [0.29, 0.717) is 11.7 Å². The second-order valence-corrected chi connectivity index (χ2v) is 7.83. The first-order chi connectivity index (χ1) is 12.0. The molecule has 0 bridgehead atoms. The van der Waals surface area contributed by atoms with E-state index >= 15 is 0 Å². The van der Waals surface area contributed by atoms with Crippen molar-refractivity contribution in [2.24, 2.45) is 7.05 Å². The molecular formula is C19H26N4OS. The van der Waals surface area contributed by atoms with Gasteiger partial charge in [0.25, 0.3) is 0 Å². The molecule has 5 nitrogen and oxygen atoms in total. The zero-order valence-electron chi connectivity index (χ0n) is 15.2. The average Bonchev–Trinajstić information content (AvgIpc) is 2.97. The Bertz CT molecular complexity index is 750. The van der Waals surface area contributed by atoms with Crippen molar-refractivity contribution in [3.8, 4) is 0 Å². The Balaban J connectivity index is 1.58. The molecule has 3 rings (SSSR count). The van der Waals surface area contributed by atoms with Crippen LogP contribution in [0.3, 0.4) is 0 Å². The van der Waals surface area contributed by atoms with Gasteiger partial charge in [0.15, 0.2) is 5.16 Å². The molecule has 1 saturated carbocycles. The minimum Gasteiger partial charge on any atom is -0.325 e. The van der Waals surface area contributed by atoms with Gasteiger partial charge < -0.3 is 9.88 Å². The molecule has 2 aromatic rings. The summed E-state index contributed by atoms with van der Waals surface area (Å²) in [6.45, 7) is 4.06. The van der Waals surface area contributed by atoms with Crippen molar-refractivity contribution >= 4 is 23.4 Å². The molecule has 1 amide bonds. The number of nitrogens with zero attached hydrogens (tertiary/aromatic N) is 3. The number of aryl methyl sites for hydroxylation is 2. The zero-order valence-corrected chi connectivity index (χ0v) is 16.0. The van der Waals surface area contributed by atoms with E-state index < -0.39 is 0 Å². The second-order valence-electron chi connectivity index (χ2n) is 6.89. The first-order valence-corrected chi connectivity index (χ1v) is 9.92. The van der Waals surface area contributed by atoms with Gasteiger partial charge in [0.1, 0.15) is 5.82 Å². The lowest BCUT2D eigenvalue weighted by Gasteiger charge is -2.20. The standard InChI is InChI=1S/C19H26N4OS/c1-13-9-10-16(14(2)11-13)20-17(24)12-25-19-22-21-18(23(19)3)15-7-5-4-6-8-15/h9-11,15H,4-8,12H2,1-3H3,(H,20,24). The number of anilines is 1. The highest BCUT2D eigenvalue weighted by molar-refractivity contribution is 7.99. The smallest absolute Gasteiger partial charge is 0.234 e. The summed E-state index contributed by atoms with van der Waals surface area (Å²) in [6.07, 6.45) is 6.28. The molecule has 1 aliphatic carbocycles. The van der Waals surface area contributed by atoms with Gasteiger partial charge in [-0.3, -0.25) is 4.79 Å². The summed E-state index contributed by atoms with van der Waals surface area (Å²) in [5.74, 6) is 1.91. The topological polar surface area (TPSA) is 59.8 Å². The van der Waals surface area contributed by atoms with Gasteiger partial charge in [-0.15, -0.1) is 10.2 Å². The third kappa shape index (κ3) is 4.42. The van der Waals surface area contributed by atoms with E-state index in [-0.39, 0.29) is 5.91 Å². The quantitative estimate of drug-likeness (QED) is 0.813. The molecule has 1 aromatic carbocycles. The van der Waals surface area contributed by atoms with Crippen LogP contribution in [0.2, 0.25) is 0 Å². The summed E-state index contributed by atoms with van der Waals surface area (Å²) in [5, 5.41) is 12.5. The molecular weight excluding hydrogens is 332 g/mol. The van der Waals surface area contributed by atoms with Crippen molar-refractivity contribution in [2.75, 3.05) is 11.1 Å². The van der Waals surface area contributed by atoms with Crippen molar-refractivity contribution in [2.45, 2.75) is 57.0 Å². The lowest BCUT2D eigenvalue weighted by atomic mass is 9.89. The third-order valence-electron chi connectivity index (χ3n) is 4.83. The van der Waals surface area contributed by atoms with E-state index in [0.717, 1.165) is 22.2 Å². The van der Waals surface area contributed by atoms with Crippen LogP contribution in [-0.2, 0) is 11.8 Å². The van der Waals surface area contributed by atoms with Crippen LogP contribution < -0.4 is 5.32 Å². The van der Waals surface area contributed by atoms with E-state index in [2.05, 4.69) is 26.1 Å². The van der Waals surface area contributed by atoms with Gasteiger partial charge in [0, 0.05) is 18.7 Å². The molecule has 0 aliphatic heterocycles. The van der Waals surface area contributed by atoms with Gasteiger partial charge in [0.05, 0.1) is 5.75 Å². The maximum atomic E-state index is 12.3. The molecule has 0 radical (unpaired) electrons.